The Balaban J connectivity index is 2.63. The van der Waals surface area contributed by atoms with Gasteiger partial charge in [-0.2, -0.15) is 0 Å². The Labute approximate surface area is 102 Å². The zero-order valence-electron chi connectivity index (χ0n) is 9.57. The van der Waals surface area contributed by atoms with Gasteiger partial charge < -0.3 is 0 Å². The van der Waals surface area contributed by atoms with Crippen molar-refractivity contribution in [2.24, 2.45) is 5.92 Å². The molecule has 0 saturated carbocycles. The van der Waals surface area contributed by atoms with Crippen LogP contribution in [0.3, 0.4) is 0 Å². The van der Waals surface area contributed by atoms with Crippen LogP contribution in [-0.2, 0) is 0 Å². The van der Waals surface area contributed by atoms with Crippen molar-refractivity contribution in [1.29, 1.82) is 0 Å². The number of hydrogen-bond acceptors (Lipinski definition) is 2. The molecule has 0 atom stereocenters. The third-order valence-electron chi connectivity index (χ3n) is 1.85. The van der Waals surface area contributed by atoms with E-state index in [1.165, 1.54) is 16.2 Å². The van der Waals surface area contributed by atoms with Crippen molar-refractivity contribution in [2.75, 3.05) is 6.26 Å². The van der Waals surface area contributed by atoms with Crippen LogP contribution in [0.2, 0.25) is 0 Å². The fraction of sp³-hybridized carbons (Fsp3) is 0.385. The van der Waals surface area contributed by atoms with Gasteiger partial charge in [-0.3, -0.25) is 0 Å². The molecule has 0 unspecified atom stereocenters. The highest BCUT2D eigenvalue weighted by atomic mass is 32.2. The minimum absolute atomic E-state index is 0.722. The summed E-state index contributed by atoms with van der Waals surface area (Å²) in [5.41, 5.74) is 0. The topological polar surface area (TPSA) is 0 Å². The maximum Gasteiger partial charge on any atom is 0.0119 e. The molecule has 0 fully saturated rings. The molecule has 15 heavy (non-hydrogen) atoms. The van der Waals surface area contributed by atoms with E-state index in [9.17, 15) is 0 Å². The van der Waals surface area contributed by atoms with Gasteiger partial charge in [-0.15, -0.1) is 11.8 Å². The Morgan fingerprint density at radius 2 is 1.93 bits per heavy atom. The molecule has 0 radical (unpaired) electrons. The highest BCUT2D eigenvalue weighted by Crippen LogP contribution is 2.32. The van der Waals surface area contributed by atoms with Crippen LogP contribution in [0.25, 0.3) is 0 Å². The zero-order chi connectivity index (χ0) is 11.1. The van der Waals surface area contributed by atoms with Gasteiger partial charge >= 0.3 is 0 Å². The second-order valence-corrected chi connectivity index (χ2v) is 5.74. The van der Waals surface area contributed by atoms with E-state index in [4.69, 9.17) is 0 Å². The second kappa shape index (κ2) is 7.02. The van der Waals surface area contributed by atoms with E-state index in [2.05, 4.69) is 55.8 Å². The third-order valence-corrected chi connectivity index (χ3v) is 3.57. The molecule has 0 aliphatic rings. The number of benzene rings is 1. The Bertz CT molecular complexity index is 302. The van der Waals surface area contributed by atoms with Gasteiger partial charge in [0, 0.05) is 4.90 Å². The van der Waals surface area contributed by atoms with Gasteiger partial charge in [-0.25, -0.2) is 0 Å². The standard InChI is InChI=1S/C13H18S2/c1-11(2)9-13(10-14-3)15-12-7-5-4-6-8-12/h4-8,10-11H,9H2,1-3H3/b13-10+. The van der Waals surface area contributed by atoms with Crippen molar-refractivity contribution >= 4 is 23.5 Å². The van der Waals surface area contributed by atoms with Crippen LogP contribution in [0.5, 0.6) is 0 Å². The third kappa shape index (κ3) is 5.33. The van der Waals surface area contributed by atoms with Gasteiger partial charge in [0.1, 0.15) is 0 Å². The Morgan fingerprint density at radius 1 is 1.27 bits per heavy atom. The van der Waals surface area contributed by atoms with E-state index in [1.807, 2.05) is 11.8 Å². The lowest BCUT2D eigenvalue weighted by Crippen LogP contribution is -1.88. The Morgan fingerprint density at radius 3 is 2.47 bits per heavy atom. The van der Waals surface area contributed by atoms with Crippen LogP contribution in [0, 0.1) is 5.92 Å². The van der Waals surface area contributed by atoms with Crippen LogP contribution in [0.4, 0.5) is 0 Å². The average Bonchev–Trinajstić information content (AvgIpc) is 2.18. The van der Waals surface area contributed by atoms with Crippen molar-refractivity contribution in [1.82, 2.24) is 0 Å². The lowest BCUT2D eigenvalue weighted by atomic mass is 10.1. The normalized spacial score (nSPS) is 12.1. The summed E-state index contributed by atoms with van der Waals surface area (Å²) < 4.78 is 0. The summed E-state index contributed by atoms with van der Waals surface area (Å²) in [5, 5.41) is 2.26. The molecule has 0 aliphatic carbocycles. The van der Waals surface area contributed by atoms with Gasteiger partial charge in [0.2, 0.25) is 0 Å². The molecule has 0 aromatic heterocycles. The Hall–Kier alpha value is -0.340. The minimum Gasteiger partial charge on any atom is -0.137 e. The molecular weight excluding hydrogens is 220 g/mol. The number of thioether (sulfide) groups is 2. The monoisotopic (exact) mass is 238 g/mol. The van der Waals surface area contributed by atoms with Crippen LogP contribution in [0.15, 0.2) is 45.5 Å². The fourth-order valence-electron chi connectivity index (χ4n) is 1.29. The van der Waals surface area contributed by atoms with Crippen molar-refractivity contribution in [2.45, 2.75) is 25.2 Å². The quantitative estimate of drug-likeness (QED) is 0.660. The zero-order valence-corrected chi connectivity index (χ0v) is 11.2. The van der Waals surface area contributed by atoms with Crippen LogP contribution in [0.1, 0.15) is 20.3 Å². The molecular formula is C13H18S2. The minimum atomic E-state index is 0.722. The summed E-state index contributed by atoms with van der Waals surface area (Å²) in [5.74, 6) is 0.722. The predicted octanol–water partition coefficient (Wildman–Crippen LogP) is 5.03. The van der Waals surface area contributed by atoms with E-state index in [0.29, 0.717) is 0 Å². The second-order valence-electron chi connectivity index (χ2n) is 3.83. The Kier molecular flexibility index (Phi) is 5.96. The van der Waals surface area contributed by atoms with Crippen molar-refractivity contribution in [3.05, 3.63) is 40.6 Å². The fourth-order valence-corrected chi connectivity index (χ4v) is 3.14. The summed E-state index contributed by atoms with van der Waals surface area (Å²) in [6.45, 7) is 4.53. The largest absolute Gasteiger partial charge is 0.137 e. The van der Waals surface area contributed by atoms with Crippen molar-refractivity contribution in [3.8, 4) is 0 Å². The first-order chi connectivity index (χ1) is 7.22. The van der Waals surface area contributed by atoms with Crippen LogP contribution in [-0.4, -0.2) is 6.26 Å². The maximum absolute atomic E-state index is 2.26. The van der Waals surface area contributed by atoms with Gasteiger partial charge in [-0.1, -0.05) is 43.8 Å². The highest BCUT2D eigenvalue weighted by Gasteiger charge is 2.03. The SMILES string of the molecule is CS/C=C(\CC(C)C)Sc1ccccc1. The first-order valence-corrected chi connectivity index (χ1v) is 7.27. The summed E-state index contributed by atoms with van der Waals surface area (Å²) in [6.07, 6.45) is 3.28. The van der Waals surface area contributed by atoms with Gasteiger partial charge in [0.15, 0.2) is 0 Å². The summed E-state index contributed by atoms with van der Waals surface area (Å²) >= 11 is 3.67. The van der Waals surface area contributed by atoms with E-state index in [1.54, 1.807) is 11.8 Å². The summed E-state index contributed by atoms with van der Waals surface area (Å²) in [7, 11) is 0. The molecule has 0 aliphatic heterocycles. The number of allylic oxidation sites excluding steroid dienone is 1. The molecule has 1 rings (SSSR count). The molecule has 0 spiro atoms. The summed E-state index contributed by atoms with van der Waals surface area (Å²) in [4.78, 5) is 2.79. The number of hydrogen-bond donors (Lipinski definition) is 0. The molecule has 0 N–H and O–H groups in total. The predicted molar refractivity (Wildman–Crippen MR) is 73.4 cm³/mol. The molecule has 2 heteroatoms. The van der Waals surface area contributed by atoms with Crippen molar-refractivity contribution < 1.29 is 0 Å². The van der Waals surface area contributed by atoms with E-state index in [0.717, 1.165) is 5.92 Å². The highest BCUT2D eigenvalue weighted by molar-refractivity contribution is 8.05. The number of rotatable bonds is 5. The molecule has 82 valence electrons. The van der Waals surface area contributed by atoms with E-state index in [-0.39, 0.29) is 0 Å². The van der Waals surface area contributed by atoms with Gasteiger partial charge in [0.05, 0.1) is 0 Å². The lowest BCUT2D eigenvalue weighted by molar-refractivity contribution is 0.659. The van der Waals surface area contributed by atoms with Gasteiger partial charge in [-0.05, 0) is 41.0 Å². The molecule has 1 aromatic rings. The van der Waals surface area contributed by atoms with Gasteiger partial charge in [0.25, 0.3) is 0 Å². The molecule has 1 aromatic carbocycles. The average molecular weight is 238 g/mol. The van der Waals surface area contributed by atoms with Crippen molar-refractivity contribution in [3.63, 3.8) is 0 Å². The first-order valence-electron chi connectivity index (χ1n) is 5.17. The molecule has 0 heterocycles. The summed E-state index contributed by atoms with van der Waals surface area (Å²) in [6, 6.07) is 10.6. The molecule has 0 bridgehead atoms. The van der Waals surface area contributed by atoms with Crippen LogP contribution >= 0.6 is 23.5 Å². The molecule has 0 saturated heterocycles. The van der Waals surface area contributed by atoms with E-state index >= 15 is 0 Å². The first kappa shape index (κ1) is 12.7. The van der Waals surface area contributed by atoms with E-state index < -0.39 is 0 Å². The smallest absolute Gasteiger partial charge is 0.0119 e. The molecule has 0 nitrogen and oxygen atoms in total. The lowest BCUT2D eigenvalue weighted by Gasteiger charge is -2.09. The van der Waals surface area contributed by atoms with Crippen LogP contribution < -0.4 is 0 Å². The molecule has 0 amide bonds. The maximum atomic E-state index is 2.26.